The van der Waals surface area contributed by atoms with E-state index in [1.807, 2.05) is 13.8 Å². The molecule has 0 unspecified atom stereocenters. The first-order valence-corrected chi connectivity index (χ1v) is 14.6. The molecule has 2 saturated carbocycles. The summed E-state index contributed by atoms with van der Waals surface area (Å²) in [6, 6.07) is 0. The molecular formula is C30H39NO7. The van der Waals surface area contributed by atoms with Crippen molar-refractivity contribution in [1.82, 2.24) is 4.90 Å². The number of carbonyl (C=O) groups is 3. The van der Waals surface area contributed by atoms with Crippen molar-refractivity contribution < 1.29 is 33.7 Å². The van der Waals surface area contributed by atoms with Gasteiger partial charge in [-0.05, 0) is 56.9 Å². The van der Waals surface area contributed by atoms with Gasteiger partial charge in [-0.15, -0.1) is 0 Å². The van der Waals surface area contributed by atoms with E-state index >= 15 is 0 Å². The lowest BCUT2D eigenvalue weighted by atomic mass is 9.33. The number of ether oxygens (including phenoxy) is 3. The normalized spacial score (nSPS) is 58.7. The number of aliphatic hydroxyl groups excluding tert-OH is 1. The first-order chi connectivity index (χ1) is 18.0. The molecule has 8 rings (SSSR count). The number of allylic oxidation sites excluding steroid dienone is 2. The lowest BCUT2D eigenvalue weighted by molar-refractivity contribution is -0.364. The van der Waals surface area contributed by atoms with Gasteiger partial charge < -0.3 is 19.3 Å². The fraction of sp³-hybridized carbons (Fsp3) is 0.833. The fourth-order valence-corrected chi connectivity index (χ4v) is 11.7. The maximum Gasteiger partial charge on any atom is 0.306 e. The van der Waals surface area contributed by atoms with E-state index in [-0.39, 0.29) is 49.2 Å². The highest BCUT2D eigenvalue weighted by Crippen LogP contribution is 2.80. The van der Waals surface area contributed by atoms with Crippen LogP contribution in [0.2, 0.25) is 0 Å². The summed E-state index contributed by atoms with van der Waals surface area (Å²) < 4.78 is 19.6. The van der Waals surface area contributed by atoms with Crippen LogP contribution in [0.15, 0.2) is 11.6 Å². The molecule has 0 radical (unpaired) electrons. The van der Waals surface area contributed by atoms with E-state index in [0.717, 1.165) is 24.8 Å². The maximum atomic E-state index is 14.6. The average molecular weight is 526 g/mol. The van der Waals surface area contributed by atoms with E-state index < -0.39 is 51.6 Å². The molecule has 7 fully saturated rings. The van der Waals surface area contributed by atoms with E-state index in [9.17, 15) is 19.5 Å². The van der Waals surface area contributed by atoms with Gasteiger partial charge in [0.1, 0.15) is 17.6 Å². The van der Waals surface area contributed by atoms with E-state index in [4.69, 9.17) is 14.2 Å². The molecule has 206 valence electrons. The van der Waals surface area contributed by atoms with Crippen LogP contribution in [0.5, 0.6) is 0 Å². The number of ketones is 2. The van der Waals surface area contributed by atoms with Gasteiger partial charge in [-0.2, -0.15) is 0 Å². The molecule has 5 aliphatic heterocycles. The van der Waals surface area contributed by atoms with Crippen molar-refractivity contribution in [2.24, 2.45) is 45.8 Å². The van der Waals surface area contributed by atoms with E-state index in [1.165, 1.54) is 0 Å². The van der Waals surface area contributed by atoms with Gasteiger partial charge in [0.2, 0.25) is 0 Å². The van der Waals surface area contributed by atoms with Crippen molar-refractivity contribution in [1.29, 1.82) is 0 Å². The third-order valence-electron chi connectivity index (χ3n) is 13.0. The molecule has 4 spiro atoms. The fourth-order valence-electron chi connectivity index (χ4n) is 11.7. The number of hydrogen-bond acceptors (Lipinski definition) is 8. The zero-order chi connectivity index (χ0) is 26.6. The third kappa shape index (κ3) is 2.29. The van der Waals surface area contributed by atoms with Gasteiger partial charge in [0.25, 0.3) is 0 Å². The summed E-state index contributed by atoms with van der Waals surface area (Å²) in [5, 5.41) is 12.9. The Hall–Kier alpha value is -1.61. The Kier molecular flexibility index (Phi) is 4.45. The zero-order valence-electron chi connectivity index (χ0n) is 22.8. The van der Waals surface area contributed by atoms with Gasteiger partial charge in [-0.3, -0.25) is 14.4 Å². The minimum Gasteiger partial charge on any atom is -0.465 e. The summed E-state index contributed by atoms with van der Waals surface area (Å²) in [4.78, 5) is 43.4. The predicted octanol–water partition coefficient (Wildman–Crippen LogP) is 2.62. The van der Waals surface area contributed by atoms with Crippen LogP contribution < -0.4 is 0 Å². The van der Waals surface area contributed by atoms with Crippen LogP contribution in [0, 0.1) is 45.8 Å². The highest BCUT2D eigenvalue weighted by atomic mass is 16.6. The molecule has 1 N–H and O–H groups in total. The van der Waals surface area contributed by atoms with E-state index in [2.05, 4.69) is 18.7 Å². The average Bonchev–Trinajstić information content (AvgIpc) is 3.45. The van der Waals surface area contributed by atoms with E-state index in [1.54, 1.807) is 6.08 Å². The second-order valence-corrected chi connectivity index (χ2v) is 14.5. The quantitative estimate of drug-likeness (QED) is 0.482. The smallest absolute Gasteiger partial charge is 0.306 e. The number of Topliss-reactive ketones (excluding diaryl/α,β-unsaturated/α-hetero) is 1. The van der Waals surface area contributed by atoms with Crippen LogP contribution in [0.4, 0.5) is 0 Å². The Balaban J connectivity index is 1.40. The maximum absolute atomic E-state index is 14.6. The number of carbonyl (C=O) groups excluding carboxylic acids is 3. The number of cyclic esters (lactones) is 1. The van der Waals surface area contributed by atoms with Gasteiger partial charge in [0.05, 0.1) is 25.7 Å². The van der Waals surface area contributed by atoms with E-state index in [0.29, 0.717) is 25.3 Å². The largest absolute Gasteiger partial charge is 0.465 e. The monoisotopic (exact) mass is 525 g/mol. The van der Waals surface area contributed by atoms with Gasteiger partial charge >= 0.3 is 5.97 Å². The molecule has 8 nitrogen and oxygen atoms in total. The molecule has 5 saturated heterocycles. The van der Waals surface area contributed by atoms with Crippen LogP contribution in [0.3, 0.4) is 0 Å². The standard InChI is InChI=1S/C30H39NO7/c1-15-8-19-22(20(32)9-15)17(3)23(34)24-27(11-21(33)36-13-27)26(4)5-6-28-10-16(2)7-18(38-28)12-31(28)30(26)25(35)29(19,24)14-37-30/h9,16-19,22,24-25,35H,5-8,10-14H2,1-4H3/t16-,17+,18+,19+,22-,24+,25+,26-,27+,28-,29-,30+/m0/s1. The number of aliphatic hydroxyl groups is 1. The first-order valence-electron chi connectivity index (χ1n) is 14.6. The molecule has 38 heavy (non-hydrogen) atoms. The predicted molar refractivity (Wildman–Crippen MR) is 133 cm³/mol. The molecule has 0 amide bonds. The van der Waals surface area contributed by atoms with Crippen molar-refractivity contribution in [3.63, 3.8) is 0 Å². The summed E-state index contributed by atoms with van der Waals surface area (Å²) in [6.45, 7) is 9.30. The van der Waals surface area contributed by atoms with Crippen LogP contribution >= 0.6 is 0 Å². The number of nitrogens with zero attached hydrogens (tertiary/aromatic N) is 1. The van der Waals surface area contributed by atoms with Crippen LogP contribution in [-0.2, 0) is 28.6 Å². The summed E-state index contributed by atoms with van der Waals surface area (Å²) in [6.07, 6.45) is 4.87. The first kappa shape index (κ1) is 24.2. The number of esters is 1. The minimum atomic E-state index is -1.11. The summed E-state index contributed by atoms with van der Waals surface area (Å²) in [7, 11) is 0. The number of piperidine rings is 1. The summed E-state index contributed by atoms with van der Waals surface area (Å²) in [5.41, 5.74) is -3.13. The van der Waals surface area contributed by atoms with Gasteiger partial charge in [-0.1, -0.05) is 26.3 Å². The van der Waals surface area contributed by atoms with Gasteiger partial charge in [0.15, 0.2) is 11.5 Å². The van der Waals surface area contributed by atoms with Crippen molar-refractivity contribution >= 4 is 17.5 Å². The zero-order valence-corrected chi connectivity index (χ0v) is 22.8. The lowest BCUT2D eigenvalue weighted by Crippen LogP contribution is -2.83. The molecule has 8 aliphatic rings. The Bertz CT molecular complexity index is 1210. The van der Waals surface area contributed by atoms with Gasteiger partial charge in [0, 0.05) is 40.5 Å². The molecule has 5 heterocycles. The Morgan fingerprint density at radius 2 is 1.92 bits per heavy atom. The second kappa shape index (κ2) is 6.99. The second-order valence-electron chi connectivity index (χ2n) is 14.5. The summed E-state index contributed by atoms with van der Waals surface area (Å²) >= 11 is 0. The highest BCUT2D eigenvalue weighted by molar-refractivity contribution is 6.00. The van der Waals surface area contributed by atoms with Crippen LogP contribution in [0.1, 0.15) is 66.2 Å². The molecule has 0 aromatic heterocycles. The van der Waals surface area contributed by atoms with Crippen LogP contribution in [0.25, 0.3) is 0 Å². The molecule has 12 atom stereocenters. The molecule has 4 bridgehead atoms. The number of rotatable bonds is 0. The number of hydrogen-bond donors (Lipinski definition) is 1. The lowest BCUT2D eigenvalue weighted by Gasteiger charge is -2.72. The topological polar surface area (TPSA) is 102 Å². The third-order valence-corrected chi connectivity index (χ3v) is 13.0. The van der Waals surface area contributed by atoms with Crippen molar-refractivity contribution in [3.05, 3.63) is 11.6 Å². The molecule has 0 aromatic carbocycles. The van der Waals surface area contributed by atoms with Crippen molar-refractivity contribution in [2.45, 2.75) is 89.9 Å². The number of fused-ring (bicyclic) bond motifs is 4. The Morgan fingerprint density at radius 1 is 1.13 bits per heavy atom. The SMILES string of the molecule is CC1=CC(=O)[C@@H]2[C@@H](C1)[C@]13CO[C@@]4([C@@H]1O)N1C[C@H]5C[C@H](C)C[C@]1(CC[C@@]4(C)[C@]1(COC(=O)C1)[C@H]3C(=O)[C@@H]2C)O5. The van der Waals surface area contributed by atoms with Gasteiger partial charge in [-0.25, -0.2) is 4.90 Å². The molecular weight excluding hydrogens is 486 g/mol. The molecule has 0 aromatic rings. The van der Waals surface area contributed by atoms with Crippen molar-refractivity contribution in [3.8, 4) is 0 Å². The Morgan fingerprint density at radius 3 is 2.66 bits per heavy atom. The Labute approximate surface area is 223 Å². The minimum absolute atomic E-state index is 0.00412. The van der Waals surface area contributed by atoms with Crippen LogP contribution in [-0.4, -0.2) is 71.0 Å². The highest BCUT2D eigenvalue weighted by Gasteiger charge is 2.89. The summed E-state index contributed by atoms with van der Waals surface area (Å²) in [5.74, 6) is -1.61. The molecule has 8 heteroatoms. The van der Waals surface area contributed by atoms with Crippen molar-refractivity contribution in [2.75, 3.05) is 19.8 Å². The molecule has 3 aliphatic carbocycles.